The van der Waals surface area contributed by atoms with E-state index in [-0.39, 0.29) is 4.90 Å². The Labute approximate surface area is 129 Å². The summed E-state index contributed by atoms with van der Waals surface area (Å²) >= 11 is 2.02. The molecule has 1 amide bonds. The summed E-state index contributed by atoms with van der Waals surface area (Å²) in [5, 5.41) is 0. The van der Waals surface area contributed by atoms with Crippen LogP contribution in [0.3, 0.4) is 0 Å². The second kappa shape index (κ2) is 6.97. The smallest absolute Gasteiger partial charge is 0.343 e. The number of halogens is 1. The van der Waals surface area contributed by atoms with Gasteiger partial charge in [0.2, 0.25) is 5.91 Å². The molecule has 0 saturated carbocycles. The van der Waals surface area contributed by atoms with Crippen molar-refractivity contribution in [2.45, 2.75) is 17.4 Å². The molecule has 0 aliphatic carbocycles. The second-order valence-electron chi connectivity index (χ2n) is 3.74. The molecule has 0 aliphatic heterocycles. The summed E-state index contributed by atoms with van der Waals surface area (Å²) in [4.78, 5) is 27.8. The van der Waals surface area contributed by atoms with Gasteiger partial charge in [0, 0.05) is 3.57 Å². The lowest BCUT2D eigenvalue weighted by Crippen LogP contribution is -2.40. The minimum atomic E-state index is -4.00. The maximum Gasteiger partial charge on any atom is 0.343 e. The molecule has 0 spiro atoms. The van der Waals surface area contributed by atoms with Gasteiger partial charge in [0.05, 0.1) is 11.3 Å². The number of hydrogen-bond acceptors (Lipinski definition) is 6. The summed E-state index contributed by atoms with van der Waals surface area (Å²) in [7, 11) is -4.00. The van der Waals surface area contributed by atoms with Crippen molar-refractivity contribution >= 4 is 44.5 Å². The van der Waals surface area contributed by atoms with Gasteiger partial charge in [-0.3, -0.25) is 4.79 Å². The lowest BCUT2D eigenvalue weighted by Gasteiger charge is -2.10. The number of benzene rings is 1. The molecule has 1 aromatic carbocycles. The molecule has 0 saturated heterocycles. The van der Waals surface area contributed by atoms with Gasteiger partial charge in [0.15, 0.2) is 0 Å². The molecule has 10 heteroatoms. The number of nitrogens with one attached hydrogen (secondary N) is 1. The number of rotatable bonds is 6. The Morgan fingerprint density at radius 1 is 1.30 bits per heavy atom. The van der Waals surface area contributed by atoms with Crippen molar-refractivity contribution in [3.8, 4) is 0 Å². The molecule has 110 valence electrons. The van der Waals surface area contributed by atoms with E-state index in [0.29, 0.717) is 0 Å². The third-order valence-corrected chi connectivity index (χ3v) is 4.01. The molecule has 0 unspecified atom stereocenters. The Hall–Kier alpha value is -1.24. The average molecular weight is 413 g/mol. The van der Waals surface area contributed by atoms with Crippen molar-refractivity contribution in [3.63, 3.8) is 0 Å². The zero-order valence-corrected chi connectivity index (χ0v) is 13.1. The van der Waals surface area contributed by atoms with Gasteiger partial charge in [-0.2, -0.15) is 0 Å². The molecule has 20 heavy (non-hydrogen) atoms. The molecule has 1 aromatic rings. The number of nitrogens with two attached hydrogens (primary N) is 2. The molecule has 0 radical (unpaired) electrons. The quantitative estimate of drug-likeness (QED) is 0.413. The Balaban J connectivity index is 2.66. The first-order chi connectivity index (χ1) is 9.22. The fraction of sp³-hybridized carbons (Fsp3) is 0.200. The fourth-order valence-electron chi connectivity index (χ4n) is 1.13. The first-order valence-electron chi connectivity index (χ1n) is 5.24. The zero-order valence-electron chi connectivity index (χ0n) is 10.1. The summed E-state index contributed by atoms with van der Waals surface area (Å²) in [6.07, 6.45) is -0.440. The Kier molecular flexibility index (Phi) is 5.86. The summed E-state index contributed by atoms with van der Waals surface area (Å²) in [5.41, 5.74) is 10.1. The highest BCUT2D eigenvalue weighted by Crippen LogP contribution is 2.11. The van der Waals surface area contributed by atoms with Crippen LogP contribution in [0.5, 0.6) is 0 Å². The molecule has 8 nitrogen and oxygen atoms in total. The topological polar surface area (TPSA) is 142 Å². The van der Waals surface area contributed by atoms with E-state index in [4.69, 9.17) is 11.5 Å². The van der Waals surface area contributed by atoms with Crippen LogP contribution in [-0.4, -0.2) is 26.3 Å². The molecule has 5 N–H and O–H groups in total. The van der Waals surface area contributed by atoms with Gasteiger partial charge in [0.25, 0.3) is 10.0 Å². The Morgan fingerprint density at radius 3 is 2.35 bits per heavy atom. The molecule has 0 aromatic heterocycles. The lowest BCUT2D eigenvalue weighted by molar-refractivity contribution is -0.149. The van der Waals surface area contributed by atoms with Crippen LogP contribution >= 0.6 is 22.6 Å². The monoisotopic (exact) mass is 413 g/mol. The largest absolute Gasteiger partial charge is 0.370 e. The third-order valence-electron chi connectivity index (χ3n) is 2.10. The van der Waals surface area contributed by atoms with Gasteiger partial charge in [0.1, 0.15) is 6.04 Å². The average Bonchev–Trinajstić information content (AvgIpc) is 2.35. The predicted octanol–water partition coefficient (Wildman–Crippen LogP) is -0.770. The van der Waals surface area contributed by atoms with Crippen molar-refractivity contribution in [3.05, 3.63) is 27.8 Å². The molecule has 1 rings (SSSR count). The van der Waals surface area contributed by atoms with Crippen LogP contribution in [0, 0.1) is 3.57 Å². The summed E-state index contributed by atoms with van der Waals surface area (Å²) < 4.78 is 24.4. The zero-order chi connectivity index (χ0) is 15.3. The summed E-state index contributed by atoms with van der Waals surface area (Å²) in [6.45, 7) is 0. The molecule has 1 atom stereocenters. The van der Waals surface area contributed by atoms with Crippen LogP contribution in [-0.2, 0) is 24.4 Å². The van der Waals surface area contributed by atoms with Gasteiger partial charge < -0.3 is 16.3 Å². The van der Waals surface area contributed by atoms with E-state index in [1.54, 1.807) is 17.0 Å². The Morgan fingerprint density at radius 2 is 1.85 bits per heavy atom. The van der Waals surface area contributed by atoms with E-state index in [1.165, 1.54) is 12.1 Å². The molecule has 0 aliphatic rings. The maximum absolute atomic E-state index is 11.8. The first kappa shape index (κ1) is 16.8. The minimum Gasteiger partial charge on any atom is -0.370 e. The summed E-state index contributed by atoms with van der Waals surface area (Å²) in [5.74, 6) is -1.90. The number of primary amides is 1. The van der Waals surface area contributed by atoms with Crippen molar-refractivity contribution in [2.75, 3.05) is 0 Å². The number of sulfonamides is 1. The SMILES string of the molecule is NC(=O)C[C@H](N)C(=O)ONS(=O)(=O)c1ccc(I)cc1. The summed E-state index contributed by atoms with van der Waals surface area (Å²) in [6, 6.07) is 4.53. The highest BCUT2D eigenvalue weighted by Gasteiger charge is 2.21. The van der Waals surface area contributed by atoms with E-state index < -0.39 is 34.4 Å². The predicted molar refractivity (Wildman–Crippen MR) is 77.4 cm³/mol. The molecular weight excluding hydrogens is 401 g/mol. The number of hydrogen-bond donors (Lipinski definition) is 3. The van der Waals surface area contributed by atoms with Crippen LogP contribution in [0.1, 0.15) is 6.42 Å². The fourth-order valence-corrected chi connectivity index (χ4v) is 2.28. The highest BCUT2D eigenvalue weighted by molar-refractivity contribution is 14.1. The van der Waals surface area contributed by atoms with Crippen molar-refractivity contribution < 1.29 is 22.8 Å². The third kappa shape index (κ3) is 5.03. The highest BCUT2D eigenvalue weighted by atomic mass is 127. The van der Waals surface area contributed by atoms with E-state index in [2.05, 4.69) is 4.84 Å². The van der Waals surface area contributed by atoms with Crippen LogP contribution < -0.4 is 16.4 Å². The van der Waals surface area contributed by atoms with Crippen molar-refractivity contribution in [1.29, 1.82) is 0 Å². The number of carbonyl (C=O) groups is 2. The normalized spacial score (nSPS) is 12.7. The molecule has 0 fully saturated rings. The van der Waals surface area contributed by atoms with Gasteiger partial charge in [-0.1, -0.05) is 0 Å². The van der Waals surface area contributed by atoms with Gasteiger partial charge in [-0.15, -0.1) is 0 Å². The van der Waals surface area contributed by atoms with Crippen LogP contribution in [0.4, 0.5) is 0 Å². The number of carbonyl (C=O) groups excluding carboxylic acids is 2. The number of amides is 1. The minimum absolute atomic E-state index is 0.0748. The van der Waals surface area contributed by atoms with Crippen LogP contribution in [0.15, 0.2) is 29.2 Å². The second-order valence-corrected chi connectivity index (χ2v) is 6.63. The molecular formula is C10H12IN3O5S. The van der Waals surface area contributed by atoms with E-state index >= 15 is 0 Å². The molecule has 0 bridgehead atoms. The molecule has 0 heterocycles. The van der Waals surface area contributed by atoms with E-state index in [9.17, 15) is 18.0 Å². The lowest BCUT2D eigenvalue weighted by atomic mass is 10.2. The van der Waals surface area contributed by atoms with E-state index in [1.807, 2.05) is 22.6 Å². The van der Waals surface area contributed by atoms with Crippen molar-refractivity contribution in [2.24, 2.45) is 11.5 Å². The standard InChI is InChI=1S/C10H12IN3O5S/c11-6-1-3-7(4-2-6)20(17,18)14-19-10(16)8(12)5-9(13)15/h1-4,8,14H,5,12H2,(H2,13,15)/t8-/m0/s1. The maximum atomic E-state index is 11.8. The van der Waals surface area contributed by atoms with Gasteiger partial charge in [-0.25, -0.2) is 13.2 Å². The van der Waals surface area contributed by atoms with E-state index in [0.717, 1.165) is 3.57 Å². The Bertz CT molecular complexity index is 602. The first-order valence-corrected chi connectivity index (χ1v) is 7.80. The van der Waals surface area contributed by atoms with Crippen molar-refractivity contribution in [1.82, 2.24) is 4.89 Å². The van der Waals surface area contributed by atoms with Crippen LogP contribution in [0.2, 0.25) is 0 Å². The van der Waals surface area contributed by atoms with Gasteiger partial charge >= 0.3 is 5.97 Å². The van der Waals surface area contributed by atoms with Gasteiger partial charge in [-0.05, 0) is 51.7 Å². The van der Waals surface area contributed by atoms with Crippen LogP contribution in [0.25, 0.3) is 0 Å².